The van der Waals surface area contributed by atoms with E-state index in [2.05, 4.69) is 0 Å². The number of carbonyl (C=O) groups is 2. The van der Waals surface area contributed by atoms with Gasteiger partial charge in [0.2, 0.25) is 0 Å². The Labute approximate surface area is 144 Å². The van der Waals surface area contributed by atoms with Crippen LogP contribution in [0, 0.1) is 5.41 Å². The van der Waals surface area contributed by atoms with E-state index >= 15 is 0 Å². The van der Waals surface area contributed by atoms with Crippen LogP contribution in [0.3, 0.4) is 0 Å². The van der Waals surface area contributed by atoms with Gasteiger partial charge in [-0.3, -0.25) is 4.79 Å². The third-order valence-corrected chi connectivity index (χ3v) is 3.84. The quantitative estimate of drug-likeness (QED) is 0.730. The van der Waals surface area contributed by atoms with Gasteiger partial charge in [-0.1, -0.05) is 39.0 Å². The van der Waals surface area contributed by atoms with E-state index < -0.39 is 12.0 Å². The zero-order valence-electron chi connectivity index (χ0n) is 15.6. The van der Waals surface area contributed by atoms with Crippen LogP contribution in [-0.4, -0.2) is 36.7 Å². The molecular weight excluding hydrogens is 306 g/mol. The van der Waals surface area contributed by atoms with Crippen LogP contribution in [0.2, 0.25) is 0 Å². The van der Waals surface area contributed by atoms with E-state index in [1.54, 1.807) is 24.0 Å². The van der Waals surface area contributed by atoms with Gasteiger partial charge in [-0.25, -0.2) is 4.79 Å². The molecule has 5 heteroatoms. The summed E-state index contributed by atoms with van der Waals surface area (Å²) in [6, 6.07) is 7.16. The first-order chi connectivity index (χ1) is 11.3. The van der Waals surface area contributed by atoms with Crippen LogP contribution in [-0.2, 0) is 9.53 Å². The number of ether oxygens (including phenoxy) is 2. The predicted molar refractivity (Wildman–Crippen MR) is 94.2 cm³/mol. The molecule has 0 N–H and O–H groups in total. The molecule has 1 atom stereocenters. The molecule has 0 saturated carbocycles. The minimum Gasteiger partial charge on any atom is -0.466 e. The number of para-hydroxylation sites is 1. The van der Waals surface area contributed by atoms with Gasteiger partial charge in [-0.05, 0) is 32.3 Å². The SMILES string of the molecule is CCOC(=O)C(c1ccccc1OC(=O)N(CC)CC)C(C)(C)C. The van der Waals surface area contributed by atoms with Crippen molar-refractivity contribution in [2.24, 2.45) is 5.41 Å². The zero-order chi connectivity index (χ0) is 18.3. The number of benzene rings is 1. The average molecular weight is 335 g/mol. The van der Waals surface area contributed by atoms with Crippen LogP contribution in [0.4, 0.5) is 4.79 Å². The molecule has 0 radical (unpaired) electrons. The highest BCUT2D eigenvalue weighted by atomic mass is 16.6. The molecule has 24 heavy (non-hydrogen) atoms. The lowest BCUT2D eigenvalue weighted by Gasteiger charge is -2.30. The van der Waals surface area contributed by atoms with Gasteiger partial charge in [0, 0.05) is 18.7 Å². The summed E-state index contributed by atoms with van der Waals surface area (Å²) in [5, 5.41) is 0. The monoisotopic (exact) mass is 335 g/mol. The van der Waals surface area contributed by atoms with Crippen molar-refractivity contribution in [2.45, 2.75) is 47.5 Å². The topological polar surface area (TPSA) is 55.8 Å². The maximum atomic E-state index is 12.5. The predicted octanol–water partition coefficient (Wildman–Crippen LogP) is 4.22. The van der Waals surface area contributed by atoms with Gasteiger partial charge < -0.3 is 14.4 Å². The Morgan fingerprint density at radius 3 is 2.17 bits per heavy atom. The Morgan fingerprint density at radius 2 is 1.67 bits per heavy atom. The van der Waals surface area contributed by atoms with Gasteiger partial charge >= 0.3 is 12.1 Å². The Kier molecular flexibility index (Phi) is 7.26. The van der Waals surface area contributed by atoms with Crippen molar-refractivity contribution < 1.29 is 19.1 Å². The molecule has 0 aliphatic heterocycles. The molecule has 0 aliphatic carbocycles. The molecule has 0 spiro atoms. The summed E-state index contributed by atoms with van der Waals surface area (Å²) in [5.74, 6) is -0.420. The largest absolute Gasteiger partial charge is 0.466 e. The van der Waals surface area contributed by atoms with Crippen LogP contribution >= 0.6 is 0 Å². The zero-order valence-corrected chi connectivity index (χ0v) is 15.6. The number of esters is 1. The van der Waals surface area contributed by atoms with Crippen LogP contribution in [0.15, 0.2) is 24.3 Å². The van der Waals surface area contributed by atoms with Crippen LogP contribution in [0.5, 0.6) is 5.75 Å². The summed E-state index contributed by atoms with van der Waals surface area (Å²) in [5.41, 5.74) is 0.299. The van der Waals surface area contributed by atoms with Crippen molar-refractivity contribution in [1.29, 1.82) is 0 Å². The number of rotatable bonds is 6. The second-order valence-electron chi connectivity index (χ2n) is 6.63. The third-order valence-electron chi connectivity index (χ3n) is 3.84. The first kappa shape index (κ1) is 20.0. The van der Waals surface area contributed by atoms with E-state index in [1.165, 1.54) is 0 Å². The molecular formula is C19H29NO4. The van der Waals surface area contributed by atoms with Gasteiger partial charge in [0.15, 0.2) is 0 Å². The highest BCUT2D eigenvalue weighted by Crippen LogP contribution is 2.40. The number of nitrogens with zero attached hydrogens (tertiary/aromatic N) is 1. The second kappa shape index (κ2) is 8.71. The summed E-state index contributed by atoms with van der Waals surface area (Å²) in [6.07, 6.45) is -0.413. The summed E-state index contributed by atoms with van der Waals surface area (Å²) in [7, 11) is 0. The molecule has 0 aromatic heterocycles. The lowest BCUT2D eigenvalue weighted by Crippen LogP contribution is -2.34. The maximum Gasteiger partial charge on any atom is 0.415 e. The summed E-state index contributed by atoms with van der Waals surface area (Å²) >= 11 is 0. The minimum atomic E-state index is -0.516. The molecule has 0 fully saturated rings. The second-order valence-corrected chi connectivity index (χ2v) is 6.63. The molecule has 0 aliphatic rings. The lowest BCUT2D eigenvalue weighted by atomic mass is 9.76. The fourth-order valence-corrected chi connectivity index (χ4v) is 2.63. The lowest BCUT2D eigenvalue weighted by molar-refractivity contribution is -0.147. The number of hydrogen-bond acceptors (Lipinski definition) is 4. The van der Waals surface area contributed by atoms with E-state index in [0.717, 1.165) is 0 Å². The summed E-state index contributed by atoms with van der Waals surface area (Å²) < 4.78 is 10.8. The highest BCUT2D eigenvalue weighted by Gasteiger charge is 2.36. The van der Waals surface area contributed by atoms with Gasteiger partial charge in [0.1, 0.15) is 5.75 Å². The molecule has 5 nitrogen and oxygen atoms in total. The molecule has 134 valence electrons. The molecule has 0 bridgehead atoms. The summed E-state index contributed by atoms with van der Waals surface area (Å²) in [6.45, 7) is 12.9. The Balaban J connectivity index is 3.22. The maximum absolute atomic E-state index is 12.5. The Hall–Kier alpha value is -2.04. The number of amides is 1. The highest BCUT2D eigenvalue weighted by molar-refractivity contribution is 5.81. The van der Waals surface area contributed by atoms with Crippen LogP contribution in [0.1, 0.15) is 53.0 Å². The van der Waals surface area contributed by atoms with Crippen LogP contribution < -0.4 is 4.74 Å². The van der Waals surface area contributed by atoms with Gasteiger partial charge in [0.25, 0.3) is 0 Å². The van der Waals surface area contributed by atoms with Crippen molar-refractivity contribution in [1.82, 2.24) is 4.90 Å². The summed E-state index contributed by atoms with van der Waals surface area (Å²) in [4.78, 5) is 26.4. The molecule has 0 heterocycles. The molecule has 1 aromatic carbocycles. The first-order valence-corrected chi connectivity index (χ1v) is 8.48. The molecule has 1 aromatic rings. The van der Waals surface area contributed by atoms with Crippen molar-refractivity contribution in [3.8, 4) is 5.75 Å². The number of carbonyl (C=O) groups excluding carboxylic acids is 2. The van der Waals surface area contributed by atoms with Gasteiger partial charge in [-0.15, -0.1) is 0 Å². The fraction of sp³-hybridized carbons (Fsp3) is 0.579. The number of hydrogen-bond donors (Lipinski definition) is 0. The normalized spacial score (nSPS) is 12.4. The average Bonchev–Trinajstić information content (AvgIpc) is 2.49. The third kappa shape index (κ3) is 4.98. The minimum absolute atomic E-state index is 0.309. The standard InChI is InChI=1S/C19H29NO4/c1-7-20(8-2)18(22)24-15-13-11-10-12-14(15)16(19(4,5)6)17(21)23-9-3/h10-13,16H,7-9H2,1-6H3. The fourth-order valence-electron chi connectivity index (χ4n) is 2.63. The van der Waals surface area contributed by atoms with Crippen LogP contribution in [0.25, 0.3) is 0 Å². The van der Waals surface area contributed by atoms with E-state index in [4.69, 9.17) is 9.47 Å². The van der Waals surface area contributed by atoms with Gasteiger partial charge in [0.05, 0.1) is 12.5 Å². The Bertz CT molecular complexity index is 559. The van der Waals surface area contributed by atoms with E-state index in [0.29, 0.717) is 31.0 Å². The Morgan fingerprint density at radius 1 is 1.08 bits per heavy atom. The van der Waals surface area contributed by atoms with E-state index in [9.17, 15) is 9.59 Å². The van der Waals surface area contributed by atoms with Gasteiger partial charge in [-0.2, -0.15) is 0 Å². The van der Waals surface area contributed by atoms with E-state index in [1.807, 2.05) is 46.8 Å². The molecule has 1 amide bonds. The molecule has 1 unspecified atom stereocenters. The van der Waals surface area contributed by atoms with E-state index in [-0.39, 0.29) is 11.4 Å². The van der Waals surface area contributed by atoms with Crippen molar-refractivity contribution in [3.63, 3.8) is 0 Å². The first-order valence-electron chi connectivity index (χ1n) is 8.48. The molecule has 0 saturated heterocycles. The van der Waals surface area contributed by atoms with Crippen molar-refractivity contribution in [3.05, 3.63) is 29.8 Å². The molecule has 1 rings (SSSR count). The van der Waals surface area contributed by atoms with Crippen molar-refractivity contribution in [2.75, 3.05) is 19.7 Å². The smallest absolute Gasteiger partial charge is 0.415 e. The van der Waals surface area contributed by atoms with Crippen molar-refractivity contribution >= 4 is 12.1 Å².